The molecule has 2 fully saturated rings. The van der Waals surface area contributed by atoms with Gasteiger partial charge in [0, 0.05) is 5.54 Å². The molecule has 2 aliphatic rings. The second kappa shape index (κ2) is 6.38. The smallest absolute Gasteiger partial charge is 0.0751 e. The highest BCUT2D eigenvalue weighted by Gasteiger charge is 2.44. The fourth-order valence-corrected chi connectivity index (χ4v) is 4.35. The van der Waals surface area contributed by atoms with Crippen molar-refractivity contribution in [3.8, 4) is 0 Å². The number of rotatable bonds is 5. The Kier molecular flexibility index (Phi) is 5.08. The molecule has 106 valence electrons. The summed E-state index contributed by atoms with van der Waals surface area (Å²) in [6, 6.07) is 0. The molecule has 1 N–H and O–H groups in total. The van der Waals surface area contributed by atoms with Crippen molar-refractivity contribution in [1.82, 2.24) is 4.90 Å². The van der Waals surface area contributed by atoms with Gasteiger partial charge in [0.1, 0.15) is 0 Å². The second-order valence-corrected chi connectivity index (χ2v) is 6.35. The van der Waals surface area contributed by atoms with Gasteiger partial charge in [-0.2, -0.15) is 0 Å². The number of likely N-dealkylation sites (tertiary alicyclic amines) is 1. The molecule has 1 saturated heterocycles. The lowest BCUT2D eigenvalue weighted by Gasteiger charge is -2.48. The van der Waals surface area contributed by atoms with Crippen LogP contribution >= 0.6 is 0 Å². The van der Waals surface area contributed by atoms with Crippen LogP contribution < -0.4 is 0 Å². The monoisotopic (exact) mass is 253 g/mol. The van der Waals surface area contributed by atoms with E-state index in [1.54, 1.807) is 0 Å². The normalized spacial score (nSPS) is 25.5. The van der Waals surface area contributed by atoms with Gasteiger partial charge in [0.2, 0.25) is 0 Å². The topological polar surface area (TPSA) is 23.5 Å². The Morgan fingerprint density at radius 2 is 1.56 bits per heavy atom. The van der Waals surface area contributed by atoms with Gasteiger partial charge < -0.3 is 5.11 Å². The summed E-state index contributed by atoms with van der Waals surface area (Å²) in [5.41, 5.74) is 0.0680. The zero-order valence-electron chi connectivity index (χ0n) is 12.3. The van der Waals surface area contributed by atoms with Gasteiger partial charge >= 0.3 is 0 Å². The number of aliphatic hydroxyl groups is 1. The van der Waals surface area contributed by atoms with Gasteiger partial charge in [0.25, 0.3) is 0 Å². The van der Waals surface area contributed by atoms with Crippen molar-refractivity contribution >= 4 is 0 Å². The Morgan fingerprint density at radius 1 is 1.00 bits per heavy atom. The molecule has 2 heteroatoms. The minimum absolute atomic E-state index is 0.0680. The first kappa shape index (κ1) is 14.3. The highest BCUT2D eigenvalue weighted by Crippen LogP contribution is 2.39. The van der Waals surface area contributed by atoms with Crippen LogP contribution in [0.25, 0.3) is 0 Å². The summed E-state index contributed by atoms with van der Waals surface area (Å²) < 4.78 is 0. The molecule has 1 aliphatic heterocycles. The third-order valence-corrected chi connectivity index (χ3v) is 5.61. The summed E-state index contributed by atoms with van der Waals surface area (Å²) in [6.45, 7) is 6.94. The molecule has 1 heterocycles. The first-order valence-corrected chi connectivity index (χ1v) is 8.17. The van der Waals surface area contributed by atoms with E-state index in [4.69, 9.17) is 0 Å². The molecule has 0 radical (unpaired) electrons. The minimum atomic E-state index is -0.106. The van der Waals surface area contributed by atoms with E-state index in [2.05, 4.69) is 18.7 Å². The number of nitrogens with zero attached hydrogens (tertiary/aromatic N) is 1. The maximum atomic E-state index is 11.0. The van der Waals surface area contributed by atoms with E-state index in [0.717, 1.165) is 12.8 Å². The summed E-state index contributed by atoms with van der Waals surface area (Å²) in [6.07, 6.45) is 11.2. The Balaban J connectivity index is 2.11. The largest absolute Gasteiger partial charge is 0.391 e. The van der Waals surface area contributed by atoms with Crippen molar-refractivity contribution in [3.63, 3.8) is 0 Å². The Labute approximate surface area is 113 Å². The average Bonchev–Trinajstić information content (AvgIpc) is 2.96. The van der Waals surface area contributed by atoms with E-state index < -0.39 is 0 Å². The molecule has 1 unspecified atom stereocenters. The fourth-order valence-electron chi connectivity index (χ4n) is 4.35. The van der Waals surface area contributed by atoms with Gasteiger partial charge in [0.15, 0.2) is 0 Å². The van der Waals surface area contributed by atoms with Crippen LogP contribution in [-0.4, -0.2) is 34.7 Å². The van der Waals surface area contributed by atoms with Crippen LogP contribution in [0.3, 0.4) is 0 Å². The van der Waals surface area contributed by atoms with Crippen LogP contribution in [-0.2, 0) is 0 Å². The molecular weight excluding hydrogens is 222 g/mol. The van der Waals surface area contributed by atoms with E-state index in [1.807, 2.05) is 0 Å². The predicted molar refractivity (Wildman–Crippen MR) is 76.7 cm³/mol. The maximum absolute atomic E-state index is 11.0. The number of aliphatic hydroxyl groups excluding tert-OH is 1. The Hall–Kier alpha value is -0.0800. The van der Waals surface area contributed by atoms with Crippen molar-refractivity contribution < 1.29 is 5.11 Å². The maximum Gasteiger partial charge on any atom is 0.0751 e. The molecule has 0 bridgehead atoms. The summed E-state index contributed by atoms with van der Waals surface area (Å²) in [7, 11) is 0. The summed E-state index contributed by atoms with van der Waals surface area (Å²) in [5, 5.41) is 11.0. The molecule has 0 spiro atoms. The highest BCUT2D eigenvalue weighted by atomic mass is 16.3. The molecule has 0 aromatic rings. The van der Waals surface area contributed by atoms with Crippen LogP contribution in [0.2, 0.25) is 0 Å². The first-order valence-electron chi connectivity index (χ1n) is 8.17. The van der Waals surface area contributed by atoms with Gasteiger partial charge in [-0.1, -0.05) is 33.1 Å². The van der Waals surface area contributed by atoms with Gasteiger partial charge in [-0.25, -0.2) is 0 Å². The molecule has 2 rings (SSSR count). The highest BCUT2D eigenvalue weighted by molar-refractivity contribution is 4.99. The molecular formula is C16H31NO. The average molecular weight is 253 g/mol. The van der Waals surface area contributed by atoms with Gasteiger partial charge in [-0.3, -0.25) is 4.90 Å². The molecule has 18 heavy (non-hydrogen) atoms. The lowest BCUT2D eigenvalue weighted by Crippen LogP contribution is -2.57. The molecule has 0 aromatic carbocycles. The number of hydrogen-bond acceptors (Lipinski definition) is 2. The standard InChI is InChI=1S/C16H31NO/c1-3-16(4-2,17-12-8-9-13-17)15(18)14-10-6-5-7-11-14/h14-15,18H,3-13H2,1-2H3. The van der Waals surface area contributed by atoms with Crippen LogP contribution in [0.15, 0.2) is 0 Å². The van der Waals surface area contributed by atoms with E-state index >= 15 is 0 Å². The van der Waals surface area contributed by atoms with Crippen LogP contribution in [0.5, 0.6) is 0 Å². The summed E-state index contributed by atoms with van der Waals surface area (Å²) in [4.78, 5) is 2.60. The summed E-state index contributed by atoms with van der Waals surface area (Å²) >= 11 is 0. The second-order valence-electron chi connectivity index (χ2n) is 6.35. The van der Waals surface area contributed by atoms with Gasteiger partial charge in [-0.15, -0.1) is 0 Å². The number of hydrogen-bond donors (Lipinski definition) is 1. The van der Waals surface area contributed by atoms with Crippen LogP contribution in [0, 0.1) is 5.92 Å². The molecule has 1 saturated carbocycles. The Morgan fingerprint density at radius 3 is 2.06 bits per heavy atom. The molecule has 1 atom stereocenters. The SMILES string of the molecule is CCC(CC)(C(O)C1CCCCC1)N1CCCC1. The molecule has 2 nitrogen and oxygen atoms in total. The van der Waals surface area contributed by atoms with Crippen molar-refractivity contribution in [2.75, 3.05) is 13.1 Å². The van der Waals surface area contributed by atoms with Crippen molar-refractivity contribution in [2.24, 2.45) is 5.92 Å². The van der Waals surface area contributed by atoms with Gasteiger partial charge in [0.05, 0.1) is 6.10 Å². The van der Waals surface area contributed by atoms with Crippen LogP contribution in [0.4, 0.5) is 0 Å². The quantitative estimate of drug-likeness (QED) is 0.809. The van der Waals surface area contributed by atoms with Crippen molar-refractivity contribution in [1.29, 1.82) is 0 Å². The first-order chi connectivity index (χ1) is 8.74. The van der Waals surface area contributed by atoms with Crippen molar-refractivity contribution in [2.45, 2.75) is 83.3 Å². The van der Waals surface area contributed by atoms with E-state index in [-0.39, 0.29) is 11.6 Å². The van der Waals surface area contributed by atoms with E-state index in [0.29, 0.717) is 5.92 Å². The summed E-state index contributed by atoms with van der Waals surface area (Å²) in [5.74, 6) is 0.555. The third-order valence-electron chi connectivity index (χ3n) is 5.61. The predicted octanol–water partition coefficient (Wildman–Crippen LogP) is 3.58. The van der Waals surface area contributed by atoms with E-state index in [1.165, 1.54) is 58.0 Å². The van der Waals surface area contributed by atoms with Crippen molar-refractivity contribution in [3.05, 3.63) is 0 Å². The van der Waals surface area contributed by atoms with Crippen LogP contribution in [0.1, 0.15) is 71.6 Å². The molecule has 0 aromatic heterocycles. The zero-order valence-corrected chi connectivity index (χ0v) is 12.3. The zero-order chi connectivity index (χ0) is 13.0. The van der Waals surface area contributed by atoms with E-state index in [9.17, 15) is 5.11 Å². The third kappa shape index (κ3) is 2.60. The fraction of sp³-hybridized carbons (Fsp3) is 1.00. The minimum Gasteiger partial charge on any atom is -0.391 e. The lowest BCUT2D eigenvalue weighted by molar-refractivity contribution is -0.0661. The molecule has 0 amide bonds. The Bertz CT molecular complexity index is 237. The lowest BCUT2D eigenvalue weighted by atomic mass is 9.73. The molecule has 1 aliphatic carbocycles. The van der Waals surface area contributed by atoms with Gasteiger partial charge in [-0.05, 0) is 57.5 Å².